The van der Waals surface area contributed by atoms with Crippen LogP contribution in [0.5, 0.6) is 0 Å². The van der Waals surface area contributed by atoms with Crippen molar-refractivity contribution >= 4 is 5.97 Å². The molecule has 0 spiro atoms. The summed E-state index contributed by atoms with van der Waals surface area (Å²) in [4.78, 5) is 13.1. The molecule has 0 aliphatic heterocycles. The molecule has 0 saturated carbocycles. The quantitative estimate of drug-likeness (QED) is 0.152. The fraction of sp³-hybridized carbons (Fsp3) is 0.731. The number of carbonyl (C=O) groups is 1. The molecule has 0 aromatic rings. The fourth-order valence-corrected chi connectivity index (χ4v) is 3.70. The Hall–Kier alpha value is -2.47. The van der Waals surface area contributed by atoms with Crippen LogP contribution in [0, 0.1) is 28.1 Å². The Balaban J connectivity index is 2.78. The molecule has 0 heterocycles. The molecule has 36 heavy (non-hydrogen) atoms. The Morgan fingerprint density at radius 2 is 1.50 bits per heavy atom. The Morgan fingerprint density at radius 1 is 0.889 bits per heavy atom. The molecule has 0 unspecified atom stereocenters. The largest absolute Gasteiger partial charge is 0.460 e. The zero-order chi connectivity index (χ0) is 26.7. The van der Waals surface area contributed by atoms with Crippen molar-refractivity contribution in [3.05, 3.63) is 22.4 Å². The van der Waals surface area contributed by atoms with Crippen LogP contribution >= 0.6 is 0 Å². The molecule has 1 rings (SSSR count). The number of hydrogen-bond acceptors (Lipinski definition) is 10. The maximum Gasteiger partial charge on any atom is 0.340 e. The van der Waals surface area contributed by atoms with Crippen molar-refractivity contribution in [2.75, 3.05) is 79.6 Å². The van der Waals surface area contributed by atoms with E-state index in [4.69, 9.17) is 23.7 Å². The molecule has 1 aliphatic carbocycles. The number of esters is 1. The van der Waals surface area contributed by atoms with Crippen molar-refractivity contribution in [1.82, 2.24) is 10.6 Å². The average molecular weight is 507 g/mol. The van der Waals surface area contributed by atoms with Gasteiger partial charge in [-0.05, 0) is 36.8 Å². The molecule has 0 saturated heterocycles. The van der Waals surface area contributed by atoms with Crippen LogP contribution in [0.1, 0.15) is 40.0 Å². The number of nitrogens with zero attached hydrogens (tertiary/aromatic N) is 2. The minimum atomic E-state index is -0.573. The van der Waals surface area contributed by atoms with E-state index >= 15 is 0 Å². The van der Waals surface area contributed by atoms with Crippen molar-refractivity contribution in [2.45, 2.75) is 40.0 Å². The number of ether oxygens (including phenoxy) is 5. The number of rotatable bonds is 19. The molecule has 2 N–H and O–H groups in total. The van der Waals surface area contributed by atoms with Gasteiger partial charge >= 0.3 is 5.97 Å². The van der Waals surface area contributed by atoms with E-state index in [2.05, 4.69) is 17.6 Å². The molecule has 10 nitrogen and oxygen atoms in total. The Kier molecular flexibility index (Phi) is 16.4. The van der Waals surface area contributed by atoms with Gasteiger partial charge in [-0.1, -0.05) is 20.8 Å². The smallest absolute Gasteiger partial charge is 0.340 e. The molecule has 0 fully saturated rings. The first kappa shape index (κ1) is 31.6. The van der Waals surface area contributed by atoms with Gasteiger partial charge in [-0.2, -0.15) is 10.5 Å². The van der Waals surface area contributed by atoms with Gasteiger partial charge in [-0.3, -0.25) is 0 Å². The highest BCUT2D eigenvalue weighted by Gasteiger charge is 2.36. The molecular weight excluding hydrogens is 464 g/mol. The number of nitriles is 2. The summed E-state index contributed by atoms with van der Waals surface area (Å²) < 4.78 is 26.8. The van der Waals surface area contributed by atoms with Crippen molar-refractivity contribution in [3.63, 3.8) is 0 Å². The maximum atomic E-state index is 13.1. The average Bonchev–Trinajstić information content (AvgIpc) is 2.84. The van der Waals surface area contributed by atoms with E-state index in [9.17, 15) is 15.3 Å². The highest BCUT2D eigenvalue weighted by Crippen LogP contribution is 2.42. The van der Waals surface area contributed by atoms with E-state index in [1.165, 1.54) is 0 Å². The fourth-order valence-electron chi connectivity index (χ4n) is 3.70. The van der Waals surface area contributed by atoms with Crippen LogP contribution in [0.4, 0.5) is 0 Å². The van der Waals surface area contributed by atoms with Gasteiger partial charge in [0, 0.05) is 25.9 Å². The topological polar surface area (TPSA) is 135 Å². The van der Waals surface area contributed by atoms with E-state index in [0.717, 1.165) is 19.5 Å². The molecule has 1 aliphatic rings. The summed E-state index contributed by atoms with van der Waals surface area (Å²) in [7, 11) is 1.61. The molecule has 0 amide bonds. The van der Waals surface area contributed by atoms with Crippen LogP contribution in [0.3, 0.4) is 0 Å². The van der Waals surface area contributed by atoms with Gasteiger partial charge < -0.3 is 34.3 Å². The second kappa shape index (κ2) is 18.8. The number of hydrogen-bond donors (Lipinski definition) is 2. The van der Waals surface area contributed by atoms with Crippen LogP contribution in [-0.2, 0) is 28.5 Å². The summed E-state index contributed by atoms with van der Waals surface area (Å²) in [5, 5.41) is 25.6. The molecule has 0 atom stereocenters. The highest BCUT2D eigenvalue weighted by molar-refractivity contribution is 5.95. The highest BCUT2D eigenvalue weighted by atomic mass is 16.6. The zero-order valence-electron chi connectivity index (χ0n) is 22.2. The third-order valence-electron chi connectivity index (χ3n) is 5.34. The Bertz CT molecular complexity index is 794. The lowest BCUT2D eigenvalue weighted by molar-refractivity contribution is -0.140. The lowest BCUT2D eigenvalue weighted by atomic mass is 9.72. The van der Waals surface area contributed by atoms with Gasteiger partial charge in [-0.25, -0.2) is 4.79 Å². The lowest BCUT2D eigenvalue weighted by Gasteiger charge is -2.34. The normalized spacial score (nSPS) is 14.8. The summed E-state index contributed by atoms with van der Waals surface area (Å²) in [5.74, 6) is -0.573. The van der Waals surface area contributed by atoms with Crippen LogP contribution in [-0.4, -0.2) is 85.6 Å². The third kappa shape index (κ3) is 12.5. The minimum absolute atomic E-state index is 0.0483. The molecular formula is C26H42N4O6. The second-order valence-electron chi connectivity index (χ2n) is 9.09. The first-order chi connectivity index (χ1) is 17.4. The first-order valence-corrected chi connectivity index (χ1v) is 12.5. The van der Waals surface area contributed by atoms with Gasteiger partial charge in [-0.15, -0.1) is 0 Å². The first-order valence-electron chi connectivity index (χ1n) is 12.5. The molecule has 0 aromatic heterocycles. The minimum Gasteiger partial charge on any atom is -0.460 e. The standard InChI is InChI=1S/C26H42N4O6/c1-5-6-29-7-9-33-10-8-30-23-18-26(2,3)17-22(21(19-27)20-28)24(23)25(31)36-16-15-35-14-13-34-12-11-32-4/h29-30H,5-18H2,1-4H3. The van der Waals surface area contributed by atoms with Gasteiger partial charge in [0.15, 0.2) is 0 Å². The van der Waals surface area contributed by atoms with Crippen LogP contribution in [0.25, 0.3) is 0 Å². The number of allylic oxidation sites excluding steroid dienone is 2. The van der Waals surface area contributed by atoms with E-state index in [-0.39, 0.29) is 29.8 Å². The van der Waals surface area contributed by atoms with Crippen molar-refractivity contribution < 1.29 is 28.5 Å². The number of carbonyl (C=O) groups excluding carboxylic acids is 1. The predicted molar refractivity (Wildman–Crippen MR) is 135 cm³/mol. The molecule has 0 aromatic carbocycles. The third-order valence-corrected chi connectivity index (χ3v) is 5.34. The van der Waals surface area contributed by atoms with Crippen molar-refractivity contribution in [2.24, 2.45) is 5.41 Å². The second-order valence-corrected chi connectivity index (χ2v) is 9.09. The van der Waals surface area contributed by atoms with Crippen LogP contribution in [0.2, 0.25) is 0 Å². The summed E-state index contributed by atoms with van der Waals surface area (Å²) in [5.41, 5.74) is 1.03. The molecule has 0 radical (unpaired) electrons. The zero-order valence-corrected chi connectivity index (χ0v) is 22.2. The molecule has 0 bridgehead atoms. The van der Waals surface area contributed by atoms with Gasteiger partial charge in [0.25, 0.3) is 0 Å². The van der Waals surface area contributed by atoms with Crippen molar-refractivity contribution in [1.29, 1.82) is 10.5 Å². The van der Waals surface area contributed by atoms with Gasteiger partial charge in [0.1, 0.15) is 24.3 Å². The molecule has 202 valence electrons. The van der Waals surface area contributed by atoms with Crippen molar-refractivity contribution in [3.8, 4) is 12.1 Å². The summed E-state index contributed by atoms with van der Waals surface area (Å²) in [6.07, 6.45) is 2.08. The summed E-state index contributed by atoms with van der Waals surface area (Å²) in [6.45, 7) is 11.5. The van der Waals surface area contributed by atoms with Crippen LogP contribution < -0.4 is 10.6 Å². The van der Waals surface area contributed by atoms with Crippen LogP contribution in [0.15, 0.2) is 22.4 Å². The Labute approximate surface area is 215 Å². The van der Waals surface area contributed by atoms with Gasteiger partial charge in [0.2, 0.25) is 0 Å². The monoisotopic (exact) mass is 506 g/mol. The maximum absolute atomic E-state index is 13.1. The predicted octanol–water partition coefficient (Wildman–Crippen LogP) is 2.23. The Morgan fingerprint density at radius 3 is 2.14 bits per heavy atom. The summed E-state index contributed by atoms with van der Waals surface area (Å²) in [6, 6.07) is 3.88. The van der Waals surface area contributed by atoms with Gasteiger partial charge in [0.05, 0.1) is 51.8 Å². The molecule has 10 heteroatoms. The van der Waals surface area contributed by atoms with E-state index in [1.54, 1.807) is 7.11 Å². The lowest BCUT2D eigenvalue weighted by Crippen LogP contribution is -2.33. The van der Waals surface area contributed by atoms with E-state index in [0.29, 0.717) is 70.3 Å². The van der Waals surface area contributed by atoms with E-state index in [1.807, 2.05) is 26.0 Å². The number of nitrogens with one attached hydrogen (secondary N) is 2. The SMILES string of the molecule is CCCNCCOCCNC1=C(C(=O)OCCOCCOCCOC)C(=C(C#N)C#N)CC(C)(C)C1. The summed E-state index contributed by atoms with van der Waals surface area (Å²) >= 11 is 0. The number of methoxy groups -OCH3 is 1. The van der Waals surface area contributed by atoms with E-state index < -0.39 is 5.97 Å².